The van der Waals surface area contributed by atoms with Gasteiger partial charge in [-0.1, -0.05) is 56.3 Å². The predicted molar refractivity (Wildman–Crippen MR) is 80.2 cm³/mol. The number of aromatic carboxylic acids is 1. The number of hydrogen-bond donors (Lipinski definition) is 1. The van der Waals surface area contributed by atoms with Gasteiger partial charge >= 0.3 is 5.97 Å². The number of carboxylic acid groups (broad SMARTS) is 1. The van der Waals surface area contributed by atoms with E-state index in [9.17, 15) is 4.79 Å². The lowest BCUT2D eigenvalue weighted by Gasteiger charge is -2.09. The molecule has 0 radical (unpaired) electrons. The van der Waals surface area contributed by atoms with Crippen molar-refractivity contribution in [3.8, 4) is 11.1 Å². The van der Waals surface area contributed by atoms with Gasteiger partial charge in [-0.05, 0) is 28.7 Å². The zero-order valence-corrected chi connectivity index (χ0v) is 11.8. The molecule has 0 aliphatic heterocycles. The molecular weight excluding hydrogens is 260 g/mol. The van der Waals surface area contributed by atoms with Gasteiger partial charge in [-0.15, -0.1) is 12.4 Å². The average molecular weight is 277 g/mol. The van der Waals surface area contributed by atoms with Gasteiger partial charge in [0.05, 0.1) is 5.56 Å². The van der Waals surface area contributed by atoms with Crippen molar-refractivity contribution in [1.82, 2.24) is 0 Å². The molecule has 0 saturated carbocycles. The standard InChI is InChI=1S/C16H16O2.ClH/c1-11(2)12-7-9-13(10-8-12)14-5-3-4-6-15(14)16(17)18;/h3-11H,1-2H3,(H,17,18);1H. The molecule has 0 heterocycles. The Balaban J connectivity index is 0.00000180. The van der Waals surface area contributed by atoms with E-state index in [-0.39, 0.29) is 12.4 Å². The maximum absolute atomic E-state index is 11.2. The minimum Gasteiger partial charge on any atom is -0.478 e. The number of benzene rings is 2. The summed E-state index contributed by atoms with van der Waals surface area (Å²) in [5.74, 6) is -0.410. The fourth-order valence-electron chi connectivity index (χ4n) is 1.97. The van der Waals surface area contributed by atoms with Gasteiger partial charge in [0.15, 0.2) is 0 Å². The molecule has 3 heteroatoms. The Morgan fingerprint density at radius 1 is 1.00 bits per heavy atom. The van der Waals surface area contributed by atoms with Crippen LogP contribution in [0.15, 0.2) is 48.5 Å². The van der Waals surface area contributed by atoms with Crippen LogP contribution in [0.1, 0.15) is 35.7 Å². The third kappa shape index (κ3) is 3.36. The molecule has 0 aromatic heterocycles. The van der Waals surface area contributed by atoms with Gasteiger partial charge in [-0.3, -0.25) is 0 Å². The van der Waals surface area contributed by atoms with E-state index in [1.165, 1.54) is 5.56 Å². The first kappa shape index (κ1) is 15.3. The SMILES string of the molecule is CC(C)c1ccc(-c2ccccc2C(=O)O)cc1.Cl. The van der Waals surface area contributed by atoms with Gasteiger partial charge < -0.3 is 5.11 Å². The molecule has 0 unspecified atom stereocenters. The third-order valence-corrected chi connectivity index (χ3v) is 3.05. The summed E-state index contributed by atoms with van der Waals surface area (Å²) in [5.41, 5.74) is 3.30. The first-order valence-corrected chi connectivity index (χ1v) is 6.02. The van der Waals surface area contributed by atoms with Crippen LogP contribution in [-0.4, -0.2) is 11.1 Å². The predicted octanol–water partition coefficient (Wildman–Crippen LogP) is 4.60. The molecule has 0 aliphatic rings. The molecule has 1 N–H and O–H groups in total. The Kier molecular flexibility index (Phi) is 5.13. The highest BCUT2D eigenvalue weighted by Gasteiger charge is 2.10. The van der Waals surface area contributed by atoms with Crippen LogP contribution in [0.25, 0.3) is 11.1 Å². The molecule has 0 spiro atoms. The smallest absolute Gasteiger partial charge is 0.336 e. The summed E-state index contributed by atoms with van der Waals surface area (Å²) in [6, 6.07) is 15.2. The van der Waals surface area contributed by atoms with Crippen molar-refractivity contribution < 1.29 is 9.90 Å². The summed E-state index contributed by atoms with van der Waals surface area (Å²) >= 11 is 0. The van der Waals surface area contributed by atoms with Crippen LogP contribution in [0, 0.1) is 0 Å². The largest absolute Gasteiger partial charge is 0.478 e. The summed E-state index contributed by atoms with van der Waals surface area (Å²) < 4.78 is 0. The van der Waals surface area contributed by atoms with Crippen molar-refractivity contribution in [2.24, 2.45) is 0 Å². The summed E-state index contributed by atoms with van der Waals surface area (Å²) in [5, 5.41) is 9.17. The lowest BCUT2D eigenvalue weighted by atomic mass is 9.96. The highest BCUT2D eigenvalue weighted by molar-refractivity contribution is 5.95. The van der Waals surface area contributed by atoms with Gasteiger partial charge in [0.2, 0.25) is 0 Å². The summed E-state index contributed by atoms with van der Waals surface area (Å²) in [6.07, 6.45) is 0. The summed E-state index contributed by atoms with van der Waals surface area (Å²) in [4.78, 5) is 11.2. The summed E-state index contributed by atoms with van der Waals surface area (Å²) in [6.45, 7) is 4.28. The molecule has 0 bridgehead atoms. The molecule has 2 nitrogen and oxygen atoms in total. The maximum Gasteiger partial charge on any atom is 0.336 e. The van der Waals surface area contributed by atoms with Gasteiger partial charge in [0.1, 0.15) is 0 Å². The van der Waals surface area contributed by atoms with Crippen molar-refractivity contribution in [3.63, 3.8) is 0 Å². The topological polar surface area (TPSA) is 37.3 Å². The second-order valence-electron chi connectivity index (χ2n) is 4.63. The van der Waals surface area contributed by atoms with E-state index < -0.39 is 5.97 Å². The van der Waals surface area contributed by atoms with E-state index in [2.05, 4.69) is 26.0 Å². The van der Waals surface area contributed by atoms with Crippen LogP contribution < -0.4 is 0 Å². The number of rotatable bonds is 3. The first-order chi connectivity index (χ1) is 8.59. The highest BCUT2D eigenvalue weighted by atomic mass is 35.5. The zero-order chi connectivity index (χ0) is 13.1. The minimum absolute atomic E-state index is 0. The normalized spacial score (nSPS) is 10.1. The third-order valence-electron chi connectivity index (χ3n) is 3.05. The van der Waals surface area contributed by atoms with Crippen LogP contribution in [0.2, 0.25) is 0 Å². The molecular formula is C16H17ClO2. The molecule has 100 valence electrons. The fourth-order valence-corrected chi connectivity index (χ4v) is 1.97. The lowest BCUT2D eigenvalue weighted by molar-refractivity contribution is 0.0697. The van der Waals surface area contributed by atoms with Crippen LogP contribution in [0.4, 0.5) is 0 Å². The van der Waals surface area contributed by atoms with Crippen LogP contribution in [0.3, 0.4) is 0 Å². The van der Waals surface area contributed by atoms with E-state index in [1.54, 1.807) is 12.1 Å². The molecule has 19 heavy (non-hydrogen) atoms. The van der Waals surface area contributed by atoms with Crippen molar-refractivity contribution in [2.75, 3.05) is 0 Å². The Labute approximate surface area is 119 Å². The van der Waals surface area contributed by atoms with Gasteiger partial charge in [-0.2, -0.15) is 0 Å². The average Bonchev–Trinajstić information content (AvgIpc) is 2.39. The van der Waals surface area contributed by atoms with Crippen LogP contribution in [0.5, 0.6) is 0 Å². The maximum atomic E-state index is 11.2. The number of carboxylic acids is 1. The molecule has 2 aromatic carbocycles. The lowest BCUT2D eigenvalue weighted by Crippen LogP contribution is -1.99. The Morgan fingerprint density at radius 3 is 2.11 bits per heavy atom. The first-order valence-electron chi connectivity index (χ1n) is 6.02. The molecule has 2 aromatic rings. The number of carbonyl (C=O) groups is 1. The van der Waals surface area contributed by atoms with E-state index in [4.69, 9.17) is 5.11 Å². The molecule has 0 saturated heterocycles. The second kappa shape index (κ2) is 6.39. The van der Waals surface area contributed by atoms with Crippen molar-refractivity contribution in [3.05, 3.63) is 59.7 Å². The van der Waals surface area contributed by atoms with Gasteiger partial charge in [-0.25, -0.2) is 4.79 Å². The Morgan fingerprint density at radius 2 is 1.58 bits per heavy atom. The van der Waals surface area contributed by atoms with Gasteiger partial charge in [0.25, 0.3) is 0 Å². The Bertz CT molecular complexity index is 559. The molecule has 0 atom stereocenters. The molecule has 2 rings (SSSR count). The quantitative estimate of drug-likeness (QED) is 0.890. The number of halogens is 1. The van der Waals surface area contributed by atoms with Crippen LogP contribution in [-0.2, 0) is 0 Å². The van der Waals surface area contributed by atoms with E-state index in [0.29, 0.717) is 11.5 Å². The monoisotopic (exact) mass is 276 g/mol. The minimum atomic E-state index is -0.890. The molecule has 0 fully saturated rings. The van der Waals surface area contributed by atoms with E-state index in [0.717, 1.165) is 11.1 Å². The second-order valence-corrected chi connectivity index (χ2v) is 4.63. The van der Waals surface area contributed by atoms with Crippen molar-refractivity contribution in [1.29, 1.82) is 0 Å². The van der Waals surface area contributed by atoms with Gasteiger partial charge in [0, 0.05) is 0 Å². The van der Waals surface area contributed by atoms with Crippen molar-refractivity contribution in [2.45, 2.75) is 19.8 Å². The molecule has 0 aliphatic carbocycles. The van der Waals surface area contributed by atoms with Crippen molar-refractivity contribution >= 4 is 18.4 Å². The molecule has 0 amide bonds. The zero-order valence-electron chi connectivity index (χ0n) is 11.0. The summed E-state index contributed by atoms with van der Waals surface area (Å²) in [7, 11) is 0. The number of hydrogen-bond acceptors (Lipinski definition) is 1. The Hall–Kier alpha value is -1.80. The van der Waals surface area contributed by atoms with E-state index >= 15 is 0 Å². The van der Waals surface area contributed by atoms with Crippen LogP contribution >= 0.6 is 12.4 Å². The van der Waals surface area contributed by atoms with E-state index in [1.807, 2.05) is 24.3 Å². The highest BCUT2D eigenvalue weighted by Crippen LogP contribution is 2.25. The fraction of sp³-hybridized carbons (Fsp3) is 0.188.